The smallest absolute Gasteiger partial charge is 0.392 e. The van der Waals surface area contributed by atoms with Crippen molar-refractivity contribution in [2.24, 2.45) is 0 Å². The molecule has 0 aliphatic carbocycles. The second-order valence-electron chi connectivity index (χ2n) is 14.2. The van der Waals surface area contributed by atoms with Gasteiger partial charge in [0.2, 0.25) is 11.8 Å². The van der Waals surface area contributed by atoms with Crippen molar-refractivity contribution >= 4 is 23.4 Å². The molecular weight excluding hydrogens is 691 g/mol. The molecule has 3 aromatic carbocycles. The molecule has 7 rings (SSSR count). The van der Waals surface area contributed by atoms with E-state index in [9.17, 15) is 32.7 Å². The number of halogens is 3. The van der Waals surface area contributed by atoms with E-state index in [1.165, 1.54) is 0 Å². The highest BCUT2D eigenvalue weighted by Gasteiger charge is 2.51. The number of amides is 3. The molecule has 14 heteroatoms. The lowest BCUT2D eigenvalue weighted by Gasteiger charge is -2.45. The summed E-state index contributed by atoms with van der Waals surface area (Å²) in [5.74, 6) is -2.55. The Balaban J connectivity index is 1.01. The molecule has 0 saturated carbocycles. The largest absolute Gasteiger partial charge is 0.471 e. The van der Waals surface area contributed by atoms with E-state index < -0.39 is 35.9 Å². The molecule has 282 valence electrons. The minimum absolute atomic E-state index is 0.0618. The van der Waals surface area contributed by atoms with E-state index in [2.05, 4.69) is 20.4 Å². The van der Waals surface area contributed by atoms with Crippen LogP contribution in [-0.4, -0.2) is 89.3 Å². The van der Waals surface area contributed by atoms with Crippen LogP contribution in [0.2, 0.25) is 0 Å². The van der Waals surface area contributed by atoms with E-state index in [1.54, 1.807) is 12.1 Å². The highest BCUT2D eigenvalue weighted by atomic mass is 19.4. The van der Waals surface area contributed by atoms with Gasteiger partial charge in [0.15, 0.2) is 6.29 Å². The number of rotatable bonds is 9. The molecule has 53 heavy (non-hydrogen) atoms. The predicted octanol–water partition coefficient (Wildman–Crippen LogP) is 4.32. The van der Waals surface area contributed by atoms with Gasteiger partial charge in [0.05, 0.1) is 25.5 Å². The Kier molecular flexibility index (Phi) is 10.7. The van der Waals surface area contributed by atoms with Gasteiger partial charge in [0.25, 0.3) is 0 Å². The van der Waals surface area contributed by atoms with Crippen molar-refractivity contribution in [3.8, 4) is 0 Å². The number of aliphatic hydroxyl groups is 1. The van der Waals surface area contributed by atoms with E-state index in [0.717, 1.165) is 41.0 Å². The van der Waals surface area contributed by atoms with Crippen molar-refractivity contribution in [3.05, 3.63) is 101 Å². The summed E-state index contributed by atoms with van der Waals surface area (Å²) in [6.07, 6.45) is -3.75. The minimum Gasteiger partial charge on any atom is -0.392 e. The van der Waals surface area contributed by atoms with Gasteiger partial charge in [0, 0.05) is 50.4 Å². The summed E-state index contributed by atoms with van der Waals surface area (Å²) in [4.78, 5) is 43.0. The zero-order chi connectivity index (χ0) is 37.2. The van der Waals surface area contributed by atoms with Crippen LogP contribution in [-0.2, 0) is 37.0 Å². The van der Waals surface area contributed by atoms with Gasteiger partial charge in [0.1, 0.15) is 11.6 Å². The van der Waals surface area contributed by atoms with Crippen LogP contribution < -0.4 is 15.5 Å². The lowest BCUT2D eigenvalue weighted by atomic mass is 9.85. The molecule has 11 nitrogen and oxygen atoms in total. The summed E-state index contributed by atoms with van der Waals surface area (Å²) >= 11 is 0. The fraction of sp³-hybridized carbons (Fsp3) is 0.462. The molecule has 0 radical (unpaired) electrons. The second kappa shape index (κ2) is 15.5. The Morgan fingerprint density at radius 2 is 1.58 bits per heavy atom. The lowest BCUT2D eigenvalue weighted by molar-refractivity contribution is -0.253. The minimum atomic E-state index is -5.03. The normalized spacial score (nSPS) is 24.7. The number of likely N-dealkylation sites (tertiary alicyclic amines) is 2. The Morgan fingerprint density at radius 1 is 0.906 bits per heavy atom. The highest BCUT2D eigenvalue weighted by Crippen LogP contribution is 2.40. The number of piperidine rings is 1. The number of aliphatic hydroxyl groups excluding tert-OH is 1. The Bertz CT molecular complexity index is 1750. The quantitative estimate of drug-likeness (QED) is 0.297. The van der Waals surface area contributed by atoms with Crippen LogP contribution in [0.4, 0.5) is 18.9 Å². The van der Waals surface area contributed by atoms with Crippen molar-refractivity contribution in [2.75, 3.05) is 37.7 Å². The van der Waals surface area contributed by atoms with E-state index in [4.69, 9.17) is 9.47 Å². The van der Waals surface area contributed by atoms with Crippen LogP contribution in [0.5, 0.6) is 0 Å². The first-order valence-electron chi connectivity index (χ1n) is 18.1. The van der Waals surface area contributed by atoms with Crippen molar-refractivity contribution in [1.82, 2.24) is 20.4 Å². The van der Waals surface area contributed by atoms with Crippen LogP contribution in [0.15, 0.2) is 78.9 Å². The average Bonchev–Trinajstić information content (AvgIpc) is 3.79. The third-order valence-corrected chi connectivity index (χ3v) is 10.9. The third kappa shape index (κ3) is 7.91. The highest BCUT2D eigenvalue weighted by molar-refractivity contribution is 5.93. The first kappa shape index (κ1) is 36.8. The summed E-state index contributed by atoms with van der Waals surface area (Å²) in [5.41, 5.74) is 3.68. The number of hydrogen-bond acceptors (Lipinski definition) is 8. The molecule has 3 amide bonds. The summed E-state index contributed by atoms with van der Waals surface area (Å²) in [5, 5.41) is 15.3. The summed E-state index contributed by atoms with van der Waals surface area (Å²) < 4.78 is 52.2. The number of alkyl halides is 3. The maximum atomic E-state index is 13.2. The van der Waals surface area contributed by atoms with E-state index in [1.807, 2.05) is 66.7 Å². The molecule has 4 atom stereocenters. The molecule has 0 bridgehead atoms. The number of carbonyl (C=O) groups is 3. The first-order valence-corrected chi connectivity index (χ1v) is 18.1. The van der Waals surface area contributed by atoms with Gasteiger partial charge < -0.3 is 39.9 Å². The van der Waals surface area contributed by atoms with Crippen LogP contribution >= 0.6 is 0 Å². The number of nitrogens with one attached hydrogen (secondary N) is 2. The molecule has 4 heterocycles. The molecule has 3 aromatic rings. The fourth-order valence-corrected chi connectivity index (χ4v) is 8.00. The Morgan fingerprint density at radius 3 is 2.26 bits per heavy atom. The van der Waals surface area contributed by atoms with Gasteiger partial charge in [-0.2, -0.15) is 13.2 Å². The number of anilines is 1. The van der Waals surface area contributed by atoms with Crippen molar-refractivity contribution in [2.45, 2.75) is 81.5 Å². The maximum Gasteiger partial charge on any atom is 0.471 e. The Hall–Kier alpha value is -4.50. The van der Waals surface area contributed by atoms with E-state index in [-0.39, 0.29) is 44.2 Å². The average molecular weight is 736 g/mol. The van der Waals surface area contributed by atoms with Crippen LogP contribution in [0, 0.1) is 0 Å². The first-order chi connectivity index (χ1) is 25.5. The summed E-state index contributed by atoms with van der Waals surface area (Å²) in [7, 11) is 0. The Labute approximate surface area is 306 Å². The zero-order valence-electron chi connectivity index (χ0n) is 29.3. The second-order valence-corrected chi connectivity index (χ2v) is 14.2. The van der Waals surface area contributed by atoms with Gasteiger partial charge in [-0.1, -0.05) is 66.7 Å². The number of carbonyl (C=O) groups excluding carboxylic acids is 3. The van der Waals surface area contributed by atoms with Crippen molar-refractivity contribution in [3.63, 3.8) is 0 Å². The maximum absolute atomic E-state index is 13.2. The van der Waals surface area contributed by atoms with E-state index >= 15 is 0 Å². The number of hydrogen-bond donors (Lipinski definition) is 3. The van der Waals surface area contributed by atoms with Gasteiger partial charge >= 0.3 is 12.1 Å². The molecule has 4 aliphatic heterocycles. The zero-order valence-corrected chi connectivity index (χ0v) is 29.3. The lowest BCUT2D eigenvalue weighted by Crippen LogP contribution is -2.57. The summed E-state index contributed by atoms with van der Waals surface area (Å²) in [6, 6.07) is 23.8. The van der Waals surface area contributed by atoms with Crippen LogP contribution in [0.25, 0.3) is 0 Å². The fourth-order valence-electron chi connectivity index (χ4n) is 8.00. The van der Waals surface area contributed by atoms with Gasteiger partial charge in [-0.3, -0.25) is 14.4 Å². The molecule has 0 aromatic heterocycles. The molecule has 4 saturated heterocycles. The molecule has 4 aliphatic rings. The van der Waals surface area contributed by atoms with Crippen molar-refractivity contribution in [1.29, 1.82) is 0 Å². The number of ether oxygens (including phenoxy) is 2. The standard InChI is InChI=1S/C39H44F3N5O6/c40-39(41,42)37(51)46-18-4-7-32(46)34(49)43-22-26-8-14-29(15-9-26)35-52-31(21-33(53-35)28-12-10-27(24-48)11-13-28)23-45-19-16-38(17-20-45)36(50)44-25-47(38)30-5-2-1-3-6-30/h1-3,5-6,8-15,31-33,35,48H,4,7,16-25H2,(H,43,49)(H,44,50)/t31-,32+,33+,35+/m1/s1. The monoisotopic (exact) mass is 735 g/mol. The summed E-state index contributed by atoms with van der Waals surface area (Å²) in [6.45, 7) is 2.48. The number of benzene rings is 3. The number of para-hydroxylation sites is 1. The molecule has 4 fully saturated rings. The SMILES string of the molecule is O=C(NCc1ccc([C@H]2O[C@@H](CN3CCC4(CC3)C(=O)NCN4c3ccccc3)C[C@@H](c3ccc(CO)cc3)O2)cc1)[C@@H]1CCCN1C(=O)C(F)(F)F. The van der Waals surface area contributed by atoms with Gasteiger partial charge in [-0.25, -0.2) is 0 Å². The van der Waals surface area contributed by atoms with Gasteiger partial charge in [-0.05, 0) is 54.5 Å². The third-order valence-electron chi connectivity index (χ3n) is 10.9. The molecule has 0 unspecified atom stereocenters. The topological polar surface area (TPSA) is 124 Å². The number of nitrogens with zero attached hydrogens (tertiary/aromatic N) is 3. The molecular formula is C39H44F3N5O6. The van der Waals surface area contributed by atoms with Crippen LogP contribution in [0.3, 0.4) is 0 Å². The molecule has 3 N–H and O–H groups in total. The molecule has 1 spiro atoms. The van der Waals surface area contributed by atoms with Crippen molar-refractivity contribution < 1.29 is 42.1 Å². The van der Waals surface area contributed by atoms with Gasteiger partial charge in [-0.15, -0.1) is 0 Å². The predicted molar refractivity (Wildman–Crippen MR) is 188 cm³/mol. The van der Waals surface area contributed by atoms with Crippen LogP contribution in [0.1, 0.15) is 66.8 Å². The van der Waals surface area contributed by atoms with E-state index in [0.29, 0.717) is 43.8 Å².